The van der Waals surface area contributed by atoms with Crippen molar-refractivity contribution in [1.82, 2.24) is 4.90 Å². The fourth-order valence-electron chi connectivity index (χ4n) is 1.91. The number of amidine groups is 1. The van der Waals surface area contributed by atoms with Crippen LogP contribution in [0, 0.1) is 0 Å². The molecule has 1 fully saturated rings. The molecule has 4 heteroatoms. The molecule has 0 N–H and O–H groups in total. The third kappa shape index (κ3) is 3.19. The molecule has 0 aromatic heterocycles. The summed E-state index contributed by atoms with van der Waals surface area (Å²) in [5.74, 6) is 1.16. The molecule has 90 valence electrons. The first-order valence-corrected chi connectivity index (χ1v) is 7.18. The lowest BCUT2D eigenvalue weighted by atomic mass is 10.3. The molecule has 0 aliphatic carbocycles. The molecule has 0 atom stereocenters. The van der Waals surface area contributed by atoms with Gasteiger partial charge in [0.25, 0.3) is 0 Å². The number of benzene rings is 1. The second-order valence-electron chi connectivity index (χ2n) is 3.96. The first-order chi connectivity index (χ1) is 8.20. The van der Waals surface area contributed by atoms with Crippen LogP contribution in [0.25, 0.3) is 0 Å². The van der Waals surface area contributed by atoms with Gasteiger partial charge in [0, 0.05) is 28.5 Å². The van der Waals surface area contributed by atoms with Crippen molar-refractivity contribution in [3.8, 4) is 0 Å². The van der Waals surface area contributed by atoms with Gasteiger partial charge in [-0.25, -0.2) is 4.99 Å². The number of nitrogens with zero attached hydrogens (tertiary/aromatic N) is 2. The second kappa shape index (κ2) is 5.83. The van der Waals surface area contributed by atoms with Crippen LogP contribution in [0.4, 0.5) is 5.69 Å². The maximum atomic E-state index is 4.73. The predicted octanol–water partition coefficient (Wildman–Crippen LogP) is 4.52. The Hall–Kier alpha value is -0.610. The monoisotopic (exact) mass is 356 g/mol. The van der Waals surface area contributed by atoms with E-state index < -0.39 is 0 Å². The van der Waals surface area contributed by atoms with Gasteiger partial charge in [0.1, 0.15) is 5.84 Å². The van der Waals surface area contributed by atoms with Gasteiger partial charge in [-0.3, -0.25) is 0 Å². The fraction of sp³-hybridized carbons (Fsp3) is 0.308. The standard InChI is InChI=1S/C13H14Br2N2/c1-2-7-17-8-3-4-13(17)16-12-6-5-10(14)9-11(12)15/h2,5-6,9H,1,3-4,7-8H2. The second-order valence-corrected chi connectivity index (χ2v) is 5.73. The fourth-order valence-corrected chi connectivity index (χ4v) is 3.04. The van der Waals surface area contributed by atoms with Crippen molar-refractivity contribution in [2.75, 3.05) is 13.1 Å². The minimum atomic E-state index is 0.882. The van der Waals surface area contributed by atoms with Gasteiger partial charge in [0.15, 0.2) is 0 Å². The van der Waals surface area contributed by atoms with Gasteiger partial charge in [0.2, 0.25) is 0 Å². The molecule has 2 rings (SSSR count). The molecular weight excluding hydrogens is 344 g/mol. The lowest BCUT2D eigenvalue weighted by Gasteiger charge is -2.16. The third-order valence-electron chi connectivity index (χ3n) is 2.70. The predicted molar refractivity (Wildman–Crippen MR) is 79.9 cm³/mol. The minimum Gasteiger partial charge on any atom is -0.356 e. The third-order valence-corrected chi connectivity index (χ3v) is 3.83. The zero-order valence-electron chi connectivity index (χ0n) is 9.50. The molecule has 0 unspecified atom stereocenters. The summed E-state index contributed by atoms with van der Waals surface area (Å²) >= 11 is 6.98. The SMILES string of the molecule is C=CCN1CCCC1=Nc1ccc(Br)cc1Br. The first-order valence-electron chi connectivity index (χ1n) is 5.59. The molecule has 0 saturated carbocycles. The van der Waals surface area contributed by atoms with Crippen molar-refractivity contribution in [2.24, 2.45) is 4.99 Å². The molecule has 0 amide bonds. The molecule has 17 heavy (non-hydrogen) atoms. The van der Waals surface area contributed by atoms with Crippen molar-refractivity contribution in [2.45, 2.75) is 12.8 Å². The molecular formula is C13H14Br2N2. The van der Waals surface area contributed by atoms with E-state index in [1.54, 1.807) is 0 Å². The molecule has 1 saturated heterocycles. The zero-order chi connectivity index (χ0) is 12.3. The molecule has 0 bridgehead atoms. The number of hydrogen-bond donors (Lipinski definition) is 0. The Morgan fingerprint density at radius 2 is 2.24 bits per heavy atom. The van der Waals surface area contributed by atoms with Crippen molar-refractivity contribution in [1.29, 1.82) is 0 Å². The van der Waals surface area contributed by atoms with Crippen LogP contribution in [0.5, 0.6) is 0 Å². The lowest BCUT2D eigenvalue weighted by molar-refractivity contribution is 0.502. The Labute approximate surface area is 119 Å². The molecule has 0 spiro atoms. The van der Waals surface area contributed by atoms with E-state index in [1.165, 1.54) is 6.42 Å². The van der Waals surface area contributed by atoms with Crippen LogP contribution in [-0.4, -0.2) is 23.8 Å². The van der Waals surface area contributed by atoms with Crippen molar-refractivity contribution in [3.63, 3.8) is 0 Å². The largest absolute Gasteiger partial charge is 0.356 e. The van der Waals surface area contributed by atoms with E-state index in [0.29, 0.717) is 0 Å². The van der Waals surface area contributed by atoms with Crippen molar-refractivity contribution < 1.29 is 0 Å². The summed E-state index contributed by atoms with van der Waals surface area (Å²) in [7, 11) is 0. The van der Waals surface area contributed by atoms with E-state index in [-0.39, 0.29) is 0 Å². The minimum absolute atomic E-state index is 0.882. The molecule has 2 nitrogen and oxygen atoms in total. The smallest absolute Gasteiger partial charge is 0.105 e. The van der Waals surface area contributed by atoms with Crippen LogP contribution >= 0.6 is 31.9 Å². The van der Waals surface area contributed by atoms with Gasteiger partial charge >= 0.3 is 0 Å². The molecule has 1 heterocycles. The molecule has 1 aliphatic heterocycles. The summed E-state index contributed by atoms with van der Waals surface area (Å²) in [5, 5.41) is 0. The van der Waals surface area contributed by atoms with Gasteiger partial charge in [-0.2, -0.15) is 0 Å². The van der Waals surface area contributed by atoms with E-state index in [9.17, 15) is 0 Å². The van der Waals surface area contributed by atoms with Gasteiger partial charge in [-0.1, -0.05) is 22.0 Å². The Morgan fingerprint density at radius 1 is 1.41 bits per heavy atom. The van der Waals surface area contributed by atoms with Crippen molar-refractivity contribution in [3.05, 3.63) is 39.8 Å². The number of halogens is 2. The zero-order valence-corrected chi connectivity index (χ0v) is 12.7. The highest BCUT2D eigenvalue weighted by Gasteiger charge is 2.17. The normalized spacial score (nSPS) is 17.8. The molecule has 1 aromatic carbocycles. The average Bonchev–Trinajstić information content (AvgIpc) is 2.71. The van der Waals surface area contributed by atoms with Crippen LogP contribution in [0.1, 0.15) is 12.8 Å². The van der Waals surface area contributed by atoms with Crippen LogP contribution in [0.15, 0.2) is 44.8 Å². The Balaban J connectivity index is 2.25. The highest BCUT2D eigenvalue weighted by molar-refractivity contribution is 9.11. The number of rotatable bonds is 3. The van der Waals surface area contributed by atoms with E-state index >= 15 is 0 Å². The summed E-state index contributed by atoms with van der Waals surface area (Å²) in [4.78, 5) is 7.01. The number of likely N-dealkylation sites (tertiary alicyclic amines) is 1. The highest BCUT2D eigenvalue weighted by Crippen LogP contribution is 2.30. The van der Waals surface area contributed by atoms with Gasteiger partial charge in [-0.15, -0.1) is 6.58 Å². The summed E-state index contributed by atoms with van der Waals surface area (Å²) in [5.41, 5.74) is 0.985. The van der Waals surface area contributed by atoms with Gasteiger partial charge < -0.3 is 4.90 Å². The molecule has 0 radical (unpaired) electrons. The highest BCUT2D eigenvalue weighted by atomic mass is 79.9. The summed E-state index contributed by atoms with van der Waals surface area (Å²) in [6.07, 6.45) is 4.16. The summed E-state index contributed by atoms with van der Waals surface area (Å²) in [6.45, 7) is 5.75. The summed E-state index contributed by atoms with van der Waals surface area (Å²) in [6, 6.07) is 6.05. The van der Waals surface area contributed by atoms with E-state index in [1.807, 2.05) is 24.3 Å². The number of hydrogen-bond acceptors (Lipinski definition) is 1. The Morgan fingerprint density at radius 3 is 2.94 bits per heavy atom. The van der Waals surface area contributed by atoms with Crippen LogP contribution in [-0.2, 0) is 0 Å². The van der Waals surface area contributed by atoms with Crippen LogP contribution < -0.4 is 0 Å². The Kier molecular flexibility index (Phi) is 4.40. The molecule has 1 aliphatic rings. The Bertz CT molecular complexity index is 455. The lowest BCUT2D eigenvalue weighted by Crippen LogP contribution is -2.24. The maximum absolute atomic E-state index is 4.73. The van der Waals surface area contributed by atoms with Gasteiger partial charge in [0.05, 0.1) is 5.69 Å². The van der Waals surface area contributed by atoms with Gasteiger partial charge in [-0.05, 0) is 40.5 Å². The van der Waals surface area contributed by atoms with E-state index in [2.05, 4.69) is 43.3 Å². The molecule has 1 aromatic rings. The topological polar surface area (TPSA) is 15.6 Å². The van der Waals surface area contributed by atoms with Crippen LogP contribution in [0.2, 0.25) is 0 Å². The van der Waals surface area contributed by atoms with E-state index in [0.717, 1.165) is 40.0 Å². The van der Waals surface area contributed by atoms with Crippen molar-refractivity contribution >= 4 is 43.4 Å². The average molecular weight is 358 g/mol. The van der Waals surface area contributed by atoms with Crippen LogP contribution in [0.3, 0.4) is 0 Å². The quantitative estimate of drug-likeness (QED) is 0.726. The number of aliphatic imine (C=N–C) groups is 1. The van der Waals surface area contributed by atoms with E-state index in [4.69, 9.17) is 4.99 Å². The first kappa shape index (κ1) is 12.8. The summed E-state index contributed by atoms with van der Waals surface area (Å²) < 4.78 is 2.08. The maximum Gasteiger partial charge on any atom is 0.105 e.